The van der Waals surface area contributed by atoms with Gasteiger partial charge in [0.25, 0.3) is 0 Å². The van der Waals surface area contributed by atoms with Crippen molar-refractivity contribution in [2.45, 2.75) is 46.1 Å². The average Bonchev–Trinajstić information content (AvgIpc) is 2.30. The first kappa shape index (κ1) is 16.3. The molecule has 0 spiro atoms. The van der Waals surface area contributed by atoms with Crippen LogP contribution < -0.4 is 5.32 Å². The quantitative estimate of drug-likeness (QED) is 0.768. The van der Waals surface area contributed by atoms with Gasteiger partial charge in [-0.15, -0.1) is 0 Å². The molecule has 0 saturated carbocycles. The molecule has 0 bridgehead atoms. The second-order valence-corrected chi connectivity index (χ2v) is 6.65. The smallest absolute Gasteiger partial charge is 0.0661 e. The van der Waals surface area contributed by atoms with Crippen molar-refractivity contribution in [1.29, 1.82) is 0 Å². The van der Waals surface area contributed by atoms with E-state index in [2.05, 4.69) is 33.0 Å². The summed E-state index contributed by atoms with van der Waals surface area (Å²) in [5, 5.41) is 14.1. The molecule has 19 heavy (non-hydrogen) atoms. The first-order valence-corrected chi connectivity index (χ1v) is 7.40. The Labute approximate surface area is 122 Å². The van der Waals surface area contributed by atoms with Gasteiger partial charge < -0.3 is 10.4 Å². The monoisotopic (exact) mass is 283 g/mol. The molecule has 1 rings (SSSR count). The van der Waals surface area contributed by atoms with E-state index < -0.39 is 0 Å². The van der Waals surface area contributed by atoms with Crippen molar-refractivity contribution in [3.63, 3.8) is 0 Å². The highest BCUT2D eigenvalue weighted by molar-refractivity contribution is 6.33. The lowest BCUT2D eigenvalue weighted by Gasteiger charge is -2.37. The fourth-order valence-electron chi connectivity index (χ4n) is 2.77. The van der Waals surface area contributed by atoms with Gasteiger partial charge >= 0.3 is 0 Å². The Morgan fingerprint density at radius 2 is 1.63 bits per heavy atom. The van der Waals surface area contributed by atoms with Gasteiger partial charge in [-0.2, -0.15) is 0 Å². The molecular weight excluding hydrogens is 258 g/mol. The molecule has 0 fully saturated rings. The van der Waals surface area contributed by atoms with Crippen LogP contribution in [0.3, 0.4) is 0 Å². The normalized spacial score (nSPS) is 12.2. The second kappa shape index (κ2) is 7.16. The van der Waals surface area contributed by atoms with Crippen molar-refractivity contribution in [2.24, 2.45) is 11.8 Å². The van der Waals surface area contributed by atoms with Crippen LogP contribution in [-0.2, 0) is 0 Å². The number of anilines is 1. The van der Waals surface area contributed by atoms with Crippen LogP contribution in [0.4, 0.5) is 5.69 Å². The summed E-state index contributed by atoms with van der Waals surface area (Å²) in [5.41, 5.74) is 0.604. The number of nitrogens with one attached hydrogen (secondary N) is 1. The molecule has 0 atom stereocenters. The van der Waals surface area contributed by atoms with Crippen LogP contribution in [0.2, 0.25) is 5.02 Å². The molecule has 0 radical (unpaired) electrons. The lowest BCUT2D eigenvalue weighted by molar-refractivity contribution is 0.168. The van der Waals surface area contributed by atoms with E-state index in [0.29, 0.717) is 16.9 Å². The summed E-state index contributed by atoms with van der Waals surface area (Å²) in [6.07, 6.45) is 1.85. The molecule has 0 amide bonds. The van der Waals surface area contributed by atoms with Crippen LogP contribution in [-0.4, -0.2) is 17.3 Å². The summed E-state index contributed by atoms with van der Waals surface area (Å²) in [6, 6.07) is 7.71. The second-order valence-electron chi connectivity index (χ2n) is 6.24. The molecule has 0 aromatic heterocycles. The highest BCUT2D eigenvalue weighted by Crippen LogP contribution is 2.32. The Hall–Kier alpha value is -0.730. The van der Waals surface area contributed by atoms with Crippen LogP contribution in [0, 0.1) is 11.8 Å². The Morgan fingerprint density at radius 3 is 2.05 bits per heavy atom. The van der Waals surface area contributed by atoms with Crippen molar-refractivity contribution in [3.8, 4) is 0 Å². The molecule has 0 aliphatic heterocycles. The van der Waals surface area contributed by atoms with Gasteiger partial charge in [0.05, 0.1) is 22.9 Å². The predicted molar refractivity (Wildman–Crippen MR) is 83.8 cm³/mol. The van der Waals surface area contributed by atoms with Gasteiger partial charge in [0, 0.05) is 0 Å². The Kier molecular flexibility index (Phi) is 6.15. The van der Waals surface area contributed by atoms with Gasteiger partial charge in [-0.05, 0) is 36.8 Å². The van der Waals surface area contributed by atoms with E-state index in [4.69, 9.17) is 11.6 Å². The Bertz CT molecular complexity index is 380. The predicted octanol–water partition coefficient (Wildman–Crippen LogP) is 4.58. The fraction of sp³-hybridized carbons (Fsp3) is 0.625. The summed E-state index contributed by atoms with van der Waals surface area (Å²) in [6.45, 7) is 8.84. The first-order valence-electron chi connectivity index (χ1n) is 7.02. The van der Waals surface area contributed by atoms with Gasteiger partial charge in [-0.3, -0.25) is 0 Å². The molecule has 0 heterocycles. The van der Waals surface area contributed by atoms with Gasteiger partial charge in [-0.1, -0.05) is 51.4 Å². The summed E-state index contributed by atoms with van der Waals surface area (Å²) in [7, 11) is 0. The van der Waals surface area contributed by atoms with Crippen LogP contribution in [0.1, 0.15) is 40.5 Å². The van der Waals surface area contributed by atoms with Gasteiger partial charge in [-0.25, -0.2) is 0 Å². The number of hydrogen-bond acceptors (Lipinski definition) is 2. The minimum atomic E-state index is -0.298. The van der Waals surface area contributed by atoms with Crippen molar-refractivity contribution < 1.29 is 5.11 Å². The van der Waals surface area contributed by atoms with E-state index in [9.17, 15) is 5.11 Å². The zero-order valence-corrected chi connectivity index (χ0v) is 13.2. The summed E-state index contributed by atoms with van der Waals surface area (Å²) < 4.78 is 0. The molecule has 2 N–H and O–H groups in total. The third-order valence-corrected chi connectivity index (χ3v) is 3.50. The number of rotatable bonds is 7. The first-order chi connectivity index (χ1) is 8.88. The van der Waals surface area contributed by atoms with E-state index >= 15 is 0 Å². The molecule has 0 aliphatic carbocycles. The van der Waals surface area contributed by atoms with Crippen molar-refractivity contribution in [3.05, 3.63) is 29.3 Å². The standard InChI is InChI=1S/C16H26ClNO/c1-12(2)9-16(11-19,10-13(3)4)18-15-8-6-5-7-14(15)17/h5-8,12-13,18-19H,9-11H2,1-4H3. The van der Waals surface area contributed by atoms with E-state index in [1.165, 1.54) is 0 Å². The van der Waals surface area contributed by atoms with Crippen LogP contribution in [0.5, 0.6) is 0 Å². The minimum Gasteiger partial charge on any atom is -0.394 e. The fourth-order valence-corrected chi connectivity index (χ4v) is 2.95. The SMILES string of the molecule is CC(C)CC(CO)(CC(C)C)Nc1ccccc1Cl. The lowest BCUT2D eigenvalue weighted by Crippen LogP contribution is -2.44. The van der Waals surface area contributed by atoms with Crippen LogP contribution in [0.15, 0.2) is 24.3 Å². The third-order valence-electron chi connectivity index (χ3n) is 3.17. The zero-order valence-electron chi connectivity index (χ0n) is 12.4. The molecule has 3 heteroatoms. The summed E-state index contributed by atoms with van der Waals surface area (Å²) in [5.74, 6) is 1.03. The maximum atomic E-state index is 9.92. The van der Waals surface area contributed by atoms with E-state index in [0.717, 1.165) is 18.5 Å². The molecule has 108 valence electrons. The van der Waals surface area contributed by atoms with E-state index in [-0.39, 0.29) is 12.1 Å². The average molecular weight is 284 g/mol. The maximum Gasteiger partial charge on any atom is 0.0661 e. The number of halogens is 1. The highest BCUT2D eigenvalue weighted by Gasteiger charge is 2.31. The summed E-state index contributed by atoms with van der Waals surface area (Å²) in [4.78, 5) is 0. The number of aliphatic hydroxyl groups is 1. The van der Waals surface area contributed by atoms with E-state index in [1.54, 1.807) is 0 Å². The molecule has 1 aromatic rings. The number of hydrogen-bond donors (Lipinski definition) is 2. The molecular formula is C16H26ClNO. The van der Waals surface area contributed by atoms with Crippen molar-refractivity contribution >= 4 is 17.3 Å². The zero-order chi connectivity index (χ0) is 14.5. The molecule has 0 aliphatic rings. The number of para-hydroxylation sites is 1. The minimum absolute atomic E-state index is 0.120. The van der Waals surface area contributed by atoms with Crippen molar-refractivity contribution in [1.82, 2.24) is 0 Å². The topological polar surface area (TPSA) is 32.3 Å². The van der Waals surface area contributed by atoms with Crippen LogP contribution >= 0.6 is 11.6 Å². The Balaban J connectivity index is 2.98. The molecule has 1 aromatic carbocycles. The number of aliphatic hydroxyl groups excluding tert-OH is 1. The van der Waals surface area contributed by atoms with E-state index in [1.807, 2.05) is 24.3 Å². The largest absolute Gasteiger partial charge is 0.394 e. The molecule has 0 saturated heterocycles. The van der Waals surface area contributed by atoms with Gasteiger partial charge in [0.2, 0.25) is 0 Å². The maximum absolute atomic E-state index is 9.92. The van der Waals surface area contributed by atoms with Gasteiger partial charge in [0.1, 0.15) is 0 Å². The Morgan fingerprint density at radius 1 is 1.11 bits per heavy atom. The van der Waals surface area contributed by atoms with Crippen molar-refractivity contribution in [2.75, 3.05) is 11.9 Å². The van der Waals surface area contributed by atoms with Gasteiger partial charge in [0.15, 0.2) is 0 Å². The summed E-state index contributed by atoms with van der Waals surface area (Å²) >= 11 is 6.22. The molecule has 2 nitrogen and oxygen atoms in total. The highest BCUT2D eigenvalue weighted by atomic mass is 35.5. The molecule has 0 unspecified atom stereocenters. The number of benzene rings is 1. The van der Waals surface area contributed by atoms with Crippen LogP contribution in [0.25, 0.3) is 0 Å². The third kappa shape index (κ3) is 5.04. The lowest BCUT2D eigenvalue weighted by atomic mass is 9.82.